The largest absolute Gasteiger partial charge is 0.345 e. The van der Waals surface area contributed by atoms with Gasteiger partial charge in [-0.2, -0.15) is 0 Å². The maximum Gasteiger partial charge on any atom is 0.103 e. The number of aryl methyl sites for hydroxylation is 1. The highest BCUT2D eigenvalue weighted by atomic mass is 15.1. The van der Waals surface area contributed by atoms with Crippen molar-refractivity contribution in [3.05, 3.63) is 66.3 Å². The first kappa shape index (κ1) is 14.1. The second-order valence-electron chi connectivity index (χ2n) is 4.62. The molecule has 1 heterocycles. The van der Waals surface area contributed by atoms with Gasteiger partial charge in [-0.25, -0.2) is 4.98 Å². The third-order valence-electron chi connectivity index (χ3n) is 2.85. The van der Waals surface area contributed by atoms with Crippen LogP contribution in [0.5, 0.6) is 0 Å². The Morgan fingerprint density at radius 1 is 1.35 bits per heavy atom. The Hall–Kier alpha value is -2.31. The van der Waals surface area contributed by atoms with Gasteiger partial charge in [0.15, 0.2) is 0 Å². The monoisotopic (exact) mass is 265 g/mol. The van der Waals surface area contributed by atoms with Crippen molar-refractivity contribution in [1.82, 2.24) is 14.9 Å². The Balaban J connectivity index is 1.96. The predicted molar refractivity (Wildman–Crippen MR) is 82.1 cm³/mol. The third kappa shape index (κ3) is 4.42. The number of imidazole rings is 1. The standard InChI is InChI=1S/C17H19N3/c1-3-11-20(14-17-13-18-15(2)19-17)12-7-10-16-8-5-4-6-9-16/h3-6,8-9,13H,1,11-12,14H2,2H3,(H,18,19). The quantitative estimate of drug-likeness (QED) is 0.666. The number of hydrogen-bond acceptors (Lipinski definition) is 2. The molecule has 3 heteroatoms. The minimum Gasteiger partial charge on any atom is -0.345 e. The van der Waals surface area contributed by atoms with Gasteiger partial charge < -0.3 is 4.98 Å². The zero-order valence-electron chi connectivity index (χ0n) is 11.8. The number of aromatic nitrogens is 2. The van der Waals surface area contributed by atoms with Crippen molar-refractivity contribution in [2.75, 3.05) is 13.1 Å². The van der Waals surface area contributed by atoms with Crippen molar-refractivity contribution in [3.63, 3.8) is 0 Å². The van der Waals surface area contributed by atoms with Gasteiger partial charge in [0.25, 0.3) is 0 Å². The second kappa shape index (κ2) is 7.32. The first-order chi connectivity index (χ1) is 9.78. The number of aromatic amines is 1. The first-order valence-corrected chi connectivity index (χ1v) is 6.65. The van der Waals surface area contributed by atoms with Crippen molar-refractivity contribution >= 4 is 0 Å². The van der Waals surface area contributed by atoms with Crippen molar-refractivity contribution in [1.29, 1.82) is 0 Å². The summed E-state index contributed by atoms with van der Waals surface area (Å²) in [5.41, 5.74) is 2.15. The van der Waals surface area contributed by atoms with E-state index in [9.17, 15) is 0 Å². The van der Waals surface area contributed by atoms with Crippen LogP contribution in [0.25, 0.3) is 0 Å². The molecule has 1 aromatic carbocycles. The normalized spacial score (nSPS) is 10.1. The molecule has 2 rings (SSSR count). The fourth-order valence-corrected chi connectivity index (χ4v) is 1.94. The van der Waals surface area contributed by atoms with Crippen LogP contribution in [0.3, 0.4) is 0 Å². The molecule has 0 spiro atoms. The van der Waals surface area contributed by atoms with E-state index >= 15 is 0 Å². The highest BCUT2D eigenvalue weighted by Gasteiger charge is 2.04. The van der Waals surface area contributed by atoms with Gasteiger partial charge in [-0.3, -0.25) is 4.90 Å². The van der Waals surface area contributed by atoms with E-state index in [-0.39, 0.29) is 0 Å². The topological polar surface area (TPSA) is 31.9 Å². The summed E-state index contributed by atoms with van der Waals surface area (Å²) in [6.45, 7) is 8.07. The van der Waals surface area contributed by atoms with Crippen molar-refractivity contribution in [2.24, 2.45) is 0 Å². The number of H-pyrrole nitrogens is 1. The van der Waals surface area contributed by atoms with Crippen LogP contribution >= 0.6 is 0 Å². The molecule has 0 radical (unpaired) electrons. The zero-order chi connectivity index (χ0) is 14.2. The molecule has 0 aliphatic carbocycles. The van der Waals surface area contributed by atoms with E-state index in [0.717, 1.165) is 30.2 Å². The molecule has 0 bridgehead atoms. The highest BCUT2D eigenvalue weighted by molar-refractivity contribution is 5.33. The van der Waals surface area contributed by atoms with E-state index in [1.54, 1.807) is 0 Å². The minimum absolute atomic E-state index is 0.707. The molecule has 3 nitrogen and oxygen atoms in total. The van der Waals surface area contributed by atoms with E-state index in [1.807, 2.05) is 49.5 Å². The number of benzene rings is 1. The van der Waals surface area contributed by atoms with Gasteiger partial charge in [-0.15, -0.1) is 6.58 Å². The summed E-state index contributed by atoms with van der Waals surface area (Å²) in [7, 11) is 0. The van der Waals surface area contributed by atoms with Crippen LogP contribution in [0.4, 0.5) is 0 Å². The van der Waals surface area contributed by atoms with Crippen LogP contribution in [0.1, 0.15) is 17.1 Å². The zero-order valence-corrected chi connectivity index (χ0v) is 11.8. The first-order valence-electron chi connectivity index (χ1n) is 6.65. The summed E-state index contributed by atoms with van der Waals surface area (Å²) in [6.07, 6.45) is 3.77. The molecular weight excluding hydrogens is 246 g/mol. The van der Waals surface area contributed by atoms with Gasteiger partial charge in [0.05, 0.1) is 6.54 Å². The minimum atomic E-state index is 0.707. The fourth-order valence-electron chi connectivity index (χ4n) is 1.94. The Morgan fingerprint density at radius 3 is 2.80 bits per heavy atom. The molecule has 0 amide bonds. The van der Waals surface area contributed by atoms with Crippen LogP contribution in [0.15, 0.2) is 49.2 Å². The molecule has 1 aromatic heterocycles. The lowest BCUT2D eigenvalue weighted by Gasteiger charge is -2.16. The number of rotatable bonds is 5. The van der Waals surface area contributed by atoms with E-state index < -0.39 is 0 Å². The Bertz CT molecular complexity index is 602. The summed E-state index contributed by atoms with van der Waals surface area (Å²) in [6, 6.07) is 10.0. The lowest BCUT2D eigenvalue weighted by molar-refractivity contribution is 0.329. The van der Waals surface area contributed by atoms with Gasteiger partial charge in [0.2, 0.25) is 0 Å². The molecule has 0 unspecified atom stereocenters. The van der Waals surface area contributed by atoms with Crippen molar-refractivity contribution < 1.29 is 0 Å². The molecule has 1 N–H and O–H groups in total. The summed E-state index contributed by atoms with van der Waals surface area (Å²) in [5.74, 6) is 7.32. The molecule has 2 aromatic rings. The van der Waals surface area contributed by atoms with Crippen LogP contribution < -0.4 is 0 Å². The molecule has 20 heavy (non-hydrogen) atoms. The maximum atomic E-state index is 4.21. The average molecular weight is 265 g/mol. The molecular formula is C17H19N3. The van der Waals surface area contributed by atoms with Gasteiger partial charge in [0, 0.05) is 30.5 Å². The van der Waals surface area contributed by atoms with Crippen LogP contribution in [-0.2, 0) is 6.54 Å². The second-order valence-corrected chi connectivity index (χ2v) is 4.62. The van der Waals surface area contributed by atoms with Crippen LogP contribution in [0.2, 0.25) is 0 Å². The lowest BCUT2D eigenvalue weighted by atomic mass is 10.2. The van der Waals surface area contributed by atoms with Gasteiger partial charge in [-0.1, -0.05) is 36.1 Å². The summed E-state index contributed by atoms with van der Waals surface area (Å²) >= 11 is 0. The number of nitrogens with zero attached hydrogens (tertiary/aromatic N) is 2. The molecule has 0 saturated carbocycles. The average Bonchev–Trinajstić information content (AvgIpc) is 2.85. The SMILES string of the molecule is C=CCN(CC#Cc1ccccc1)Cc1cnc(C)[nH]1. The smallest absolute Gasteiger partial charge is 0.103 e. The Morgan fingerprint density at radius 2 is 2.15 bits per heavy atom. The van der Waals surface area contributed by atoms with E-state index in [1.165, 1.54) is 0 Å². The Labute approximate surface area is 120 Å². The summed E-state index contributed by atoms with van der Waals surface area (Å²) < 4.78 is 0. The Kier molecular flexibility index (Phi) is 5.16. The van der Waals surface area contributed by atoms with Crippen LogP contribution in [-0.4, -0.2) is 28.0 Å². The van der Waals surface area contributed by atoms with Crippen molar-refractivity contribution in [3.8, 4) is 11.8 Å². The predicted octanol–water partition coefficient (Wildman–Crippen LogP) is 2.76. The van der Waals surface area contributed by atoms with Gasteiger partial charge in [0.1, 0.15) is 5.82 Å². The molecule has 0 atom stereocenters. The number of nitrogens with one attached hydrogen (secondary N) is 1. The molecule has 0 saturated heterocycles. The van der Waals surface area contributed by atoms with Crippen molar-refractivity contribution in [2.45, 2.75) is 13.5 Å². The number of hydrogen-bond donors (Lipinski definition) is 1. The highest BCUT2D eigenvalue weighted by Crippen LogP contribution is 2.02. The summed E-state index contributed by atoms with van der Waals surface area (Å²) in [5, 5.41) is 0. The lowest BCUT2D eigenvalue weighted by Crippen LogP contribution is -2.23. The van der Waals surface area contributed by atoms with E-state index in [4.69, 9.17) is 0 Å². The molecule has 0 fully saturated rings. The molecule has 102 valence electrons. The van der Waals surface area contributed by atoms with Crippen LogP contribution in [0, 0.1) is 18.8 Å². The molecule has 0 aliphatic heterocycles. The van der Waals surface area contributed by atoms with Gasteiger partial charge in [-0.05, 0) is 19.1 Å². The summed E-state index contributed by atoms with van der Waals surface area (Å²) in [4.78, 5) is 9.67. The van der Waals surface area contributed by atoms with Gasteiger partial charge >= 0.3 is 0 Å². The fraction of sp³-hybridized carbons (Fsp3) is 0.235. The third-order valence-corrected chi connectivity index (χ3v) is 2.85. The van der Waals surface area contributed by atoms with E-state index in [2.05, 4.69) is 33.3 Å². The maximum absolute atomic E-state index is 4.21. The molecule has 0 aliphatic rings. The van der Waals surface area contributed by atoms with E-state index in [0.29, 0.717) is 6.54 Å².